The lowest BCUT2D eigenvalue weighted by Gasteiger charge is -2.33. The van der Waals surface area contributed by atoms with Crippen LogP contribution >= 0.6 is 23.2 Å². The van der Waals surface area contributed by atoms with Crippen LogP contribution in [0.15, 0.2) is 24.4 Å². The van der Waals surface area contributed by atoms with Crippen molar-refractivity contribution in [2.45, 2.75) is 39.5 Å². The number of nitrogens with zero attached hydrogens (tertiary/aromatic N) is 3. The molecule has 1 atom stereocenters. The van der Waals surface area contributed by atoms with Crippen molar-refractivity contribution >= 4 is 23.2 Å². The van der Waals surface area contributed by atoms with E-state index in [4.69, 9.17) is 27.9 Å². The molecule has 1 aromatic heterocycles. The zero-order chi connectivity index (χ0) is 17.1. The van der Waals surface area contributed by atoms with E-state index >= 15 is 0 Å². The molecule has 0 unspecified atom stereocenters. The summed E-state index contributed by atoms with van der Waals surface area (Å²) >= 11 is 12.1. The van der Waals surface area contributed by atoms with Gasteiger partial charge < -0.3 is 4.74 Å². The van der Waals surface area contributed by atoms with E-state index in [9.17, 15) is 0 Å². The minimum Gasteiger partial charge on any atom is -0.371 e. The summed E-state index contributed by atoms with van der Waals surface area (Å²) in [6, 6.07) is 5.73. The lowest BCUT2D eigenvalue weighted by molar-refractivity contribution is -0.0329. The average molecular weight is 368 g/mol. The van der Waals surface area contributed by atoms with E-state index in [1.54, 1.807) is 0 Å². The maximum atomic E-state index is 6.14. The van der Waals surface area contributed by atoms with Crippen molar-refractivity contribution < 1.29 is 4.74 Å². The molecule has 1 aromatic carbocycles. The van der Waals surface area contributed by atoms with Gasteiger partial charge in [-0.3, -0.25) is 9.58 Å². The molecule has 6 heteroatoms. The lowest BCUT2D eigenvalue weighted by atomic mass is 10.1. The molecule has 0 radical (unpaired) electrons. The molecule has 1 fully saturated rings. The molecule has 0 spiro atoms. The van der Waals surface area contributed by atoms with Crippen LogP contribution in [0, 0.1) is 6.92 Å². The number of rotatable bonds is 5. The summed E-state index contributed by atoms with van der Waals surface area (Å²) in [5, 5.41) is 5.65. The Balaban J connectivity index is 1.68. The van der Waals surface area contributed by atoms with Crippen molar-refractivity contribution in [1.29, 1.82) is 0 Å². The third kappa shape index (κ3) is 3.94. The number of morpholine rings is 1. The Hall–Kier alpha value is -1.07. The fraction of sp³-hybridized carbons (Fsp3) is 0.500. The molecule has 4 nitrogen and oxygen atoms in total. The summed E-state index contributed by atoms with van der Waals surface area (Å²) in [4.78, 5) is 2.41. The quantitative estimate of drug-likeness (QED) is 0.780. The molecular formula is C18H23Cl2N3O. The van der Waals surface area contributed by atoms with E-state index in [1.165, 1.54) is 11.3 Å². The first-order chi connectivity index (χ1) is 11.6. The number of ether oxygens (including phenoxy) is 1. The predicted octanol–water partition coefficient (Wildman–Crippen LogP) is 4.48. The van der Waals surface area contributed by atoms with Gasteiger partial charge in [0.15, 0.2) is 0 Å². The highest BCUT2D eigenvalue weighted by Crippen LogP contribution is 2.29. The van der Waals surface area contributed by atoms with Crippen LogP contribution < -0.4 is 0 Å². The monoisotopic (exact) mass is 367 g/mol. The maximum Gasteiger partial charge on any atom is 0.0953 e. The molecule has 24 heavy (non-hydrogen) atoms. The van der Waals surface area contributed by atoms with Crippen LogP contribution in [0.25, 0.3) is 0 Å². The van der Waals surface area contributed by atoms with E-state index in [0.29, 0.717) is 16.7 Å². The molecule has 2 aromatic rings. The molecule has 1 aliphatic heterocycles. The minimum absolute atomic E-state index is 0.0273. The van der Waals surface area contributed by atoms with Crippen LogP contribution in [0.2, 0.25) is 10.0 Å². The average Bonchev–Trinajstić information content (AvgIpc) is 2.91. The maximum absolute atomic E-state index is 6.14. The number of halogens is 2. The summed E-state index contributed by atoms with van der Waals surface area (Å²) < 4.78 is 8.03. The van der Waals surface area contributed by atoms with Gasteiger partial charge in [0.25, 0.3) is 0 Å². The molecule has 3 rings (SSSR count). The summed E-state index contributed by atoms with van der Waals surface area (Å²) in [6.45, 7) is 8.68. The number of aryl methyl sites for hydroxylation is 1. The zero-order valence-corrected chi connectivity index (χ0v) is 15.6. The smallest absolute Gasteiger partial charge is 0.0953 e. The molecule has 0 aliphatic carbocycles. The first kappa shape index (κ1) is 17.7. The van der Waals surface area contributed by atoms with Gasteiger partial charge in [0.2, 0.25) is 0 Å². The first-order valence-electron chi connectivity index (χ1n) is 8.38. The van der Waals surface area contributed by atoms with Crippen molar-refractivity contribution in [3.05, 3.63) is 51.3 Å². The second-order valence-electron chi connectivity index (χ2n) is 6.25. The van der Waals surface area contributed by atoms with Crippen molar-refractivity contribution in [1.82, 2.24) is 14.7 Å². The zero-order valence-electron chi connectivity index (χ0n) is 14.1. The van der Waals surface area contributed by atoms with Crippen LogP contribution in [-0.2, 0) is 17.8 Å². The van der Waals surface area contributed by atoms with Gasteiger partial charge in [0.1, 0.15) is 0 Å². The van der Waals surface area contributed by atoms with Crippen LogP contribution in [0.4, 0.5) is 0 Å². The van der Waals surface area contributed by atoms with Crippen molar-refractivity contribution in [3.63, 3.8) is 0 Å². The fourth-order valence-electron chi connectivity index (χ4n) is 3.08. The van der Waals surface area contributed by atoms with Gasteiger partial charge >= 0.3 is 0 Å². The van der Waals surface area contributed by atoms with Crippen molar-refractivity contribution in [2.75, 3.05) is 19.7 Å². The topological polar surface area (TPSA) is 30.3 Å². The third-order valence-electron chi connectivity index (χ3n) is 4.50. The predicted molar refractivity (Wildman–Crippen MR) is 97.7 cm³/mol. The summed E-state index contributed by atoms with van der Waals surface area (Å²) in [6.07, 6.45) is 3.12. The van der Waals surface area contributed by atoms with E-state index in [1.807, 2.05) is 24.4 Å². The Labute approximate surface area is 153 Å². The van der Waals surface area contributed by atoms with Crippen molar-refractivity contribution in [2.24, 2.45) is 0 Å². The van der Waals surface area contributed by atoms with Gasteiger partial charge in [-0.05, 0) is 31.0 Å². The van der Waals surface area contributed by atoms with E-state index in [0.717, 1.165) is 38.2 Å². The molecule has 0 saturated carbocycles. The van der Waals surface area contributed by atoms with Crippen LogP contribution in [-0.4, -0.2) is 34.4 Å². The molecule has 0 bridgehead atoms. The van der Waals surface area contributed by atoms with Crippen LogP contribution in [0.5, 0.6) is 0 Å². The Morgan fingerprint density at radius 2 is 2.12 bits per heavy atom. The Morgan fingerprint density at radius 3 is 2.88 bits per heavy atom. The number of hydrogen-bond donors (Lipinski definition) is 0. The standard InChI is InChI=1S/C18H23Cl2N3O/c1-3-6-23-13(2)15(10-21-23)11-22-7-8-24-18(12-22)14-4-5-16(19)17(20)9-14/h4-5,9-10,18H,3,6-8,11-12H2,1-2H3/t18-/m0/s1. The minimum atomic E-state index is 0.0273. The van der Waals surface area contributed by atoms with Crippen molar-refractivity contribution in [3.8, 4) is 0 Å². The summed E-state index contributed by atoms with van der Waals surface area (Å²) in [7, 11) is 0. The molecule has 1 saturated heterocycles. The summed E-state index contributed by atoms with van der Waals surface area (Å²) in [5.41, 5.74) is 3.63. The largest absolute Gasteiger partial charge is 0.371 e. The lowest BCUT2D eigenvalue weighted by Crippen LogP contribution is -2.37. The number of hydrogen-bond acceptors (Lipinski definition) is 3. The molecular weight excluding hydrogens is 345 g/mol. The van der Waals surface area contributed by atoms with Gasteiger partial charge in [-0.15, -0.1) is 0 Å². The molecule has 130 valence electrons. The third-order valence-corrected chi connectivity index (χ3v) is 5.24. The second kappa shape index (κ2) is 7.87. The van der Waals surface area contributed by atoms with Crippen LogP contribution in [0.3, 0.4) is 0 Å². The summed E-state index contributed by atoms with van der Waals surface area (Å²) in [5.74, 6) is 0. The van der Waals surface area contributed by atoms with E-state index in [-0.39, 0.29) is 6.10 Å². The van der Waals surface area contributed by atoms with Gasteiger partial charge in [0.05, 0.1) is 29.0 Å². The Morgan fingerprint density at radius 1 is 1.29 bits per heavy atom. The fourth-order valence-corrected chi connectivity index (χ4v) is 3.39. The first-order valence-corrected chi connectivity index (χ1v) is 9.14. The molecule has 2 heterocycles. The molecule has 0 amide bonds. The molecule has 1 aliphatic rings. The van der Waals surface area contributed by atoms with Crippen LogP contribution in [0.1, 0.15) is 36.3 Å². The van der Waals surface area contributed by atoms with Gasteiger partial charge in [-0.25, -0.2) is 0 Å². The molecule has 0 N–H and O–H groups in total. The number of benzene rings is 1. The SMILES string of the molecule is CCCn1ncc(CN2CCO[C@H](c3ccc(Cl)c(Cl)c3)C2)c1C. The highest BCUT2D eigenvalue weighted by molar-refractivity contribution is 6.42. The Kier molecular flexibility index (Phi) is 5.82. The van der Waals surface area contributed by atoms with E-state index < -0.39 is 0 Å². The van der Waals surface area contributed by atoms with Gasteiger partial charge in [-0.1, -0.05) is 36.2 Å². The Bertz CT molecular complexity index is 702. The highest BCUT2D eigenvalue weighted by atomic mass is 35.5. The second-order valence-corrected chi connectivity index (χ2v) is 7.06. The highest BCUT2D eigenvalue weighted by Gasteiger charge is 2.23. The van der Waals surface area contributed by atoms with Gasteiger partial charge in [-0.2, -0.15) is 5.10 Å². The number of aromatic nitrogens is 2. The van der Waals surface area contributed by atoms with Gasteiger partial charge in [0, 0.05) is 37.4 Å². The normalized spacial score (nSPS) is 18.9. The van der Waals surface area contributed by atoms with E-state index in [2.05, 4.69) is 28.5 Å².